The smallest absolute Gasteiger partial charge is 0.328 e. The van der Waals surface area contributed by atoms with Gasteiger partial charge in [0.15, 0.2) is 6.04 Å². The van der Waals surface area contributed by atoms with Gasteiger partial charge in [0.2, 0.25) is 0 Å². The molecule has 1 unspecified atom stereocenters. The molecule has 0 spiro atoms. The number of ether oxygens (including phenoxy) is 1. The molecule has 0 saturated carbocycles. The van der Waals surface area contributed by atoms with Crippen LogP contribution in [0.1, 0.15) is 12.0 Å². The highest BCUT2D eigenvalue weighted by atomic mass is 16.5. The van der Waals surface area contributed by atoms with Crippen LogP contribution in [-0.4, -0.2) is 36.4 Å². The molecular formula is C13H16N2O4. The monoisotopic (exact) mass is 264 g/mol. The molecule has 1 aliphatic heterocycles. The standard InChI is InChI=1S/C13H16N2O4/c1-19-12(16)11-7-8-15(14-11,13(17)18)9-10-5-3-2-4-6-10/h2-6,11,14H,7-9H2,1H3/t11-,15?/m0/s1. The van der Waals surface area contributed by atoms with Crippen molar-refractivity contribution in [3.8, 4) is 0 Å². The van der Waals surface area contributed by atoms with E-state index in [-0.39, 0.29) is 13.1 Å². The Balaban J connectivity index is 2.17. The van der Waals surface area contributed by atoms with Crippen molar-refractivity contribution in [2.75, 3.05) is 13.7 Å². The van der Waals surface area contributed by atoms with Crippen LogP contribution in [0.15, 0.2) is 30.3 Å². The van der Waals surface area contributed by atoms with Gasteiger partial charge in [-0.3, -0.25) is 4.79 Å². The van der Waals surface area contributed by atoms with E-state index < -0.39 is 22.7 Å². The molecule has 6 heteroatoms. The second kappa shape index (κ2) is 5.38. The molecule has 19 heavy (non-hydrogen) atoms. The predicted molar refractivity (Wildman–Crippen MR) is 64.2 cm³/mol. The second-order valence-corrected chi connectivity index (χ2v) is 4.59. The molecule has 2 atom stereocenters. The van der Waals surface area contributed by atoms with Crippen LogP contribution in [-0.2, 0) is 16.1 Å². The van der Waals surface area contributed by atoms with Crippen LogP contribution in [0, 0.1) is 0 Å². The van der Waals surface area contributed by atoms with Crippen LogP contribution in [0.5, 0.6) is 0 Å². The number of hydrogen-bond donors (Lipinski definition) is 1. The molecule has 1 aliphatic rings. The Morgan fingerprint density at radius 1 is 1.42 bits per heavy atom. The number of carboxylic acid groups (broad SMARTS) is 1. The summed E-state index contributed by atoms with van der Waals surface area (Å²) in [7, 11) is 1.28. The molecule has 6 nitrogen and oxygen atoms in total. The Morgan fingerprint density at radius 3 is 2.68 bits per heavy atom. The summed E-state index contributed by atoms with van der Waals surface area (Å²) < 4.78 is 4.18. The number of amides is 1. The molecule has 1 heterocycles. The first-order valence-electron chi connectivity index (χ1n) is 6.05. The predicted octanol–water partition coefficient (Wildman–Crippen LogP) is -0.203. The molecule has 1 saturated heterocycles. The summed E-state index contributed by atoms with van der Waals surface area (Å²) in [6.07, 6.45) is -0.830. The average Bonchev–Trinajstić information content (AvgIpc) is 2.84. The minimum absolute atomic E-state index is 0.233. The molecule has 0 aromatic heterocycles. The van der Waals surface area contributed by atoms with E-state index in [2.05, 4.69) is 10.2 Å². The van der Waals surface area contributed by atoms with Crippen molar-refractivity contribution in [2.45, 2.75) is 19.0 Å². The molecule has 1 amide bonds. The van der Waals surface area contributed by atoms with Crippen LogP contribution < -0.4 is 10.5 Å². The quantitative estimate of drug-likeness (QED) is 0.604. The normalized spacial score (nSPS) is 26.1. The number of methoxy groups -OCH3 is 1. The Bertz CT molecular complexity index is 477. The van der Waals surface area contributed by atoms with Gasteiger partial charge in [0, 0.05) is 12.0 Å². The van der Waals surface area contributed by atoms with E-state index in [0.29, 0.717) is 6.42 Å². The second-order valence-electron chi connectivity index (χ2n) is 4.59. The molecule has 0 bridgehead atoms. The Hall–Kier alpha value is -1.92. The summed E-state index contributed by atoms with van der Waals surface area (Å²) in [5.74, 6) is -0.450. The zero-order valence-corrected chi connectivity index (χ0v) is 10.7. The van der Waals surface area contributed by atoms with Crippen molar-refractivity contribution in [3.05, 3.63) is 35.9 Å². The average molecular weight is 264 g/mol. The van der Waals surface area contributed by atoms with E-state index in [1.807, 2.05) is 30.3 Å². The fraction of sp³-hybridized carbons (Fsp3) is 0.385. The number of benzene rings is 1. The van der Waals surface area contributed by atoms with E-state index in [0.717, 1.165) is 5.56 Å². The zero-order valence-electron chi connectivity index (χ0n) is 10.7. The summed E-state index contributed by atoms with van der Waals surface area (Å²) in [5.41, 5.74) is 3.67. The van der Waals surface area contributed by atoms with E-state index in [4.69, 9.17) is 0 Å². The third-order valence-electron chi connectivity index (χ3n) is 3.33. The molecular weight excluding hydrogens is 248 g/mol. The summed E-state index contributed by atoms with van der Waals surface area (Å²) in [5, 5.41) is 11.4. The summed E-state index contributed by atoms with van der Waals surface area (Å²) >= 11 is 0. The summed E-state index contributed by atoms with van der Waals surface area (Å²) in [4.78, 5) is 22.9. The number of nitrogens with one attached hydrogen (secondary N) is 1. The van der Waals surface area contributed by atoms with E-state index in [1.54, 1.807) is 0 Å². The maximum absolute atomic E-state index is 11.5. The molecule has 1 fully saturated rings. The van der Waals surface area contributed by atoms with Gasteiger partial charge in [-0.2, -0.15) is 4.59 Å². The molecule has 1 aromatic carbocycles. The van der Waals surface area contributed by atoms with Crippen molar-refractivity contribution in [3.63, 3.8) is 0 Å². The lowest BCUT2D eigenvalue weighted by Crippen LogP contribution is -2.64. The summed E-state index contributed by atoms with van der Waals surface area (Å²) in [6, 6.07) is 8.63. The topological polar surface area (TPSA) is 78.5 Å². The largest absolute Gasteiger partial charge is 0.497 e. The Morgan fingerprint density at radius 2 is 2.11 bits per heavy atom. The minimum atomic E-state index is -1.24. The van der Waals surface area contributed by atoms with Gasteiger partial charge >= 0.3 is 5.97 Å². The molecule has 0 radical (unpaired) electrons. The van der Waals surface area contributed by atoms with Gasteiger partial charge < -0.3 is 14.6 Å². The van der Waals surface area contributed by atoms with Gasteiger partial charge in [0.1, 0.15) is 13.1 Å². The number of quaternary nitrogens is 1. The number of carbonyl (C=O) groups is 2. The van der Waals surface area contributed by atoms with Crippen LogP contribution in [0.2, 0.25) is 0 Å². The first-order chi connectivity index (χ1) is 9.07. The maximum atomic E-state index is 11.5. The summed E-state index contributed by atoms with van der Waals surface area (Å²) in [6.45, 7) is 0.521. The molecule has 102 valence electrons. The van der Waals surface area contributed by atoms with Crippen LogP contribution >= 0.6 is 0 Å². The van der Waals surface area contributed by atoms with Crippen LogP contribution in [0.3, 0.4) is 0 Å². The van der Waals surface area contributed by atoms with E-state index >= 15 is 0 Å². The van der Waals surface area contributed by atoms with Gasteiger partial charge in [0.25, 0.3) is 6.09 Å². The molecule has 1 aromatic rings. The van der Waals surface area contributed by atoms with Gasteiger partial charge in [-0.1, -0.05) is 30.3 Å². The minimum Gasteiger partial charge on any atom is -0.497 e. The lowest BCUT2D eigenvalue weighted by Gasteiger charge is -2.32. The number of hydrogen-bond acceptors (Lipinski definition) is 5. The fourth-order valence-electron chi connectivity index (χ4n) is 2.32. The van der Waals surface area contributed by atoms with Gasteiger partial charge in [-0.15, -0.1) is 5.43 Å². The number of carbonyl (C=O) groups excluding carboxylic acids is 2. The lowest BCUT2D eigenvalue weighted by molar-refractivity contribution is -0.918. The first kappa shape index (κ1) is 13.5. The Labute approximate surface area is 111 Å². The molecule has 0 aliphatic carbocycles. The van der Waals surface area contributed by atoms with E-state index in [1.165, 1.54) is 7.11 Å². The number of nitrogens with zero attached hydrogens (tertiary/aromatic N) is 1. The van der Waals surface area contributed by atoms with Crippen LogP contribution in [0.4, 0.5) is 4.79 Å². The zero-order chi connectivity index (χ0) is 13.9. The van der Waals surface area contributed by atoms with Crippen LogP contribution in [0.25, 0.3) is 0 Å². The number of rotatable bonds is 3. The first-order valence-corrected chi connectivity index (χ1v) is 6.05. The highest BCUT2D eigenvalue weighted by Gasteiger charge is 2.44. The van der Waals surface area contributed by atoms with Crippen molar-refractivity contribution in [1.82, 2.24) is 5.43 Å². The van der Waals surface area contributed by atoms with Crippen molar-refractivity contribution in [2.24, 2.45) is 0 Å². The van der Waals surface area contributed by atoms with Gasteiger partial charge in [0.05, 0.1) is 7.11 Å². The highest BCUT2D eigenvalue weighted by Crippen LogP contribution is 2.20. The van der Waals surface area contributed by atoms with Crippen molar-refractivity contribution in [1.29, 1.82) is 0 Å². The SMILES string of the molecule is COC(=O)[C@@H]1CC[N+](Cc2ccccc2)(C(=O)[O-])N1. The lowest BCUT2D eigenvalue weighted by atomic mass is 10.2. The van der Waals surface area contributed by atoms with Crippen molar-refractivity contribution >= 4 is 12.1 Å². The van der Waals surface area contributed by atoms with E-state index in [9.17, 15) is 14.7 Å². The number of esters is 1. The van der Waals surface area contributed by atoms with Gasteiger partial charge in [-0.05, 0) is 0 Å². The Kier molecular flexibility index (Phi) is 3.82. The maximum Gasteiger partial charge on any atom is 0.328 e. The molecule has 2 rings (SSSR count). The van der Waals surface area contributed by atoms with Crippen molar-refractivity contribution < 1.29 is 24.0 Å². The third kappa shape index (κ3) is 2.74. The fourth-order valence-corrected chi connectivity index (χ4v) is 2.32. The third-order valence-corrected chi connectivity index (χ3v) is 3.33. The highest BCUT2D eigenvalue weighted by molar-refractivity contribution is 5.76. The molecule has 1 N–H and O–H groups in total. The van der Waals surface area contributed by atoms with Gasteiger partial charge in [-0.25, -0.2) is 0 Å².